The number of sulfonamides is 1. The number of hydrogen-bond acceptors (Lipinski definition) is 3. The number of para-hydroxylation sites is 1. The first-order valence-corrected chi connectivity index (χ1v) is 10.3. The highest BCUT2D eigenvalue weighted by Gasteiger charge is 2.31. The monoisotopic (exact) mass is 367 g/mol. The van der Waals surface area contributed by atoms with Crippen molar-refractivity contribution in [1.82, 2.24) is 14.1 Å². The van der Waals surface area contributed by atoms with Gasteiger partial charge in [0, 0.05) is 18.7 Å². The van der Waals surface area contributed by atoms with Gasteiger partial charge in [0.15, 0.2) is 0 Å². The van der Waals surface area contributed by atoms with Crippen molar-refractivity contribution >= 4 is 10.0 Å². The lowest BCUT2D eigenvalue weighted by molar-refractivity contribution is 0.347. The predicted octanol–water partition coefficient (Wildman–Crippen LogP) is 3.71. The van der Waals surface area contributed by atoms with Crippen LogP contribution in [0.1, 0.15) is 19.3 Å². The molecule has 5 nitrogen and oxygen atoms in total. The van der Waals surface area contributed by atoms with Gasteiger partial charge in [0.05, 0.1) is 11.9 Å². The minimum absolute atomic E-state index is 0.273. The number of aromatic nitrogens is 2. The van der Waals surface area contributed by atoms with Crippen molar-refractivity contribution in [2.45, 2.75) is 24.2 Å². The molecule has 3 aromatic rings. The van der Waals surface area contributed by atoms with Gasteiger partial charge in [-0.1, -0.05) is 55.0 Å². The molecule has 1 aliphatic heterocycles. The largest absolute Gasteiger partial charge is 0.246 e. The Morgan fingerprint density at radius 2 is 1.42 bits per heavy atom. The van der Waals surface area contributed by atoms with Gasteiger partial charge < -0.3 is 0 Å². The normalized spacial score (nSPS) is 15.8. The van der Waals surface area contributed by atoms with E-state index < -0.39 is 10.0 Å². The van der Waals surface area contributed by atoms with Crippen LogP contribution in [-0.4, -0.2) is 35.6 Å². The molecule has 0 unspecified atom stereocenters. The van der Waals surface area contributed by atoms with E-state index in [1.54, 1.807) is 15.2 Å². The van der Waals surface area contributed by atoms with E-state index in [4.69, 9.17) is 0 Å². The van der Waals surface area contributed by atoms with Crippen LogP contribution in [0, 0.1) is 0 Å². The number of piperidine rings is 1. The number of nitrogens with zero attached hydrogens (tertiary/aromatic N) is 3. The summed E-state index contributed by atoms with van der Waals surface area (Å²) in [5, 5.41) is 4.62. The molecule has 1 fully saturated rings. The molecular weight excluding hydrogens is 346 g/mol. The minimum atomic E-state index is -3.58. The van der Waals surface area contributed by atoms with Crippen molar-refractivity contribution in [1.29, 1.82) is 0 Å². The first kappa shape index (κ1) is 17.0. The van der Waals surface area contributed by atoms with Gasteiger partial charge >= 0.3 is 0 Å². The van der Waals surface area contributed by atoms with Crippen molar-refractivity contribution in [2.75, 3.05) is 13.1 Å². The van der Waals surface area contributed by atoms with Gasteiger partial charge in [0.25, 0.3) is 0 Å². The summed E-state index contributed by atoms with van der Waals surface area (Å²) < 4.78 is 29.8. The molecule has 2 aromatic carbocycles. The maximum Gasteiger partial charge on any atom is 0.246 e. The van der Waals surface area contributed by atoms with Crippen LogP contribution < -0.4 is 0 Å². The smallest absolute Gasteiger partial charge is 0.239 e. The maximum absolute atomic E-state index is 13.3. The summed E-state index contributed by atoms with van der Waals surface area (Å²) >= 11 is 0. The fraction of sp³-hybridized carbons (Fsp3) is 0.250. The second-order valence-corrected chi connectivity index (χ2v) is 8.36. The molecule has 1 aromatic heterocycles. The highest BCUT2D eigenvalue weighted by molar-refractivity contribution is 7.89. The second-order valence-electron chi connectivity index (χ2n) is 6.45. The van der Waals surface area contributed by atoms with E-state index in [1.807, 2.05) is 60.7 Å². The molecule has 0 spiro atoms. The Hall–Kier alpha value is -2.44. The molecule has 4 rings (SSSR count). The molecule has 1 saturated heterocycles. The molecule has 26 heavy (non-hydrogen) atoms. The zero-order valence-corrected chi connectivity index (χ0v) is 15.3. The van der Waals surface area contributed by atoms with Crippen molar-refractivity contribution < 1.29 is 8.42 Å². The Labute approximate surface area is 153 Å². The quantitative estimate of drug-likeness (QED) is 0.706. The Balaban J connectivity index is 1.86. The number of benzene rings is 2. The lowest BCUT2D eigenvalue weighted by atomic mass is 10.2. The molecule has 6 heteroatoms. The van der Waals surface area contributed by atoms with E-state index in [9.17, 15) is 8.42 Å². The second kappa shape index (κ2) is 7.05. The molecular formula is C20H21N3O2S. The molecule has 2 heterocycles. The van der Waals surface area contributed by atoms with Gasteiger partial charge in [-0.3, -0.25) is 0 Å². The minimum Gasteiger partial charge on any atom is -0.239 e. The fourth-order valence-corrected chi connectivity index (χ4v) is 4.95. The highest BCUT2D eigenvalue weighted by Crippen LogP contribution is 2.30. The van der Waals surface area contributed by atoms with Gasteiger partial charge in [-0.25, -0.2) is 13.1 Å². The Kier molecular flexibility index (Phi) is 4.61. The zero-order valence-electron chi connectivity index (χ0n) is 14.5. The van der Waals surface area contributed by atoms with Crippen LogP contribution in [0.3, 0.4) is 0 Å². The summed E-state index contributed by atoms with van der Waals surface area (Å²) in [6.07, 6.45) is 4.54. The SMILES string of the molecule is O=S(=O)(c1cn(-c2ccccc2)nc1-c1ccccc1)N1CCCCC1. The molecule has 0 aliphatic carbocycles. The van der Waals surface area contributed by atoms with E-state index in [1.165, 1.54) is 0 Å². The van der Waals surface area contributed by atoms with E-state index in [0.29, 0.717) is 18.8 Å². The van der Waals surface area contributed by atoms with E-state index >= 15 is 0 Å². The molecule has 0 bridgehead atoms. The summed E-state index contributed by atoms with van der Waals surface area (Å²) in [6.45, 7) is 1.15. The zero-order chi connectivity index (χ0) is 18.0. The van der Waals surface area contributed by atoms with Gasteiger partial charge in [0.1, 0.15) is 10.6 Å². The Morgan fingerprint density at radius 1 is 0.808 bits per heavy atom. The van der Waals surface area contributed by atoms with Crippen LogP contribution >= 0.6 is 0 Å². The summed E-state index contributed by atoms with van der Waals surface area (Å²) in [7, 11) is -3.58. The Bertz CT molecular complexity index is 976. The average Bonchev–Trinajstić information content (AvgIpc) is 3.16. The third-order valence-electron chi connectivity index (χ3n) is 4.68. The van der Waals surface area contributed by atoms with Gasteiger partial charge in [-0.15, -0.1) is 0 Å². The number of rotatable bonds is 4. The highest BCUT2D eigenvalue weighted by atomic mass is 32.2. The third kappa shape index (κ3) is 3.18. The summed E-state index contributed by atoms with van der Waals surface area (Å²) in [5.41, 5.74) is 2.14. The van der Waals surface area contributed by atoms with E-state index in [2.05, 4.69) is 5.10 Å². The van der Waals surface area contributed by atoms with Crippen LogP contribution in [0.15, 0.2) is 71.8 Å². The van der Waals surface area contributed by atoms with Crippen molar-refractivity contribution in [3.8, 4) is 16.9 Å². The third-order valence-corrected chi connectivity index (χ3v) is 6.58. The molecule has 0 atom stereocenters. The predicted molar refractivity (Wildman–Crippen MR) is 102 cm³/mol. The summed E-state index contributed by atoms with van der Waals surface area (Å²) in [4.78, 5) is 0.273. The van der Waals surface area contributed by atoms with Gasteiger partial charge in [-0.2, -0.15) is 9.40 Å². The lowest BCUT2D eigenvalue weighted by Gasteiger charge is -2.25. The van der Waals surface area contributed by atoms with Crippen molar-refractivity contribution in [2.24, 2.45) is 0 Å². The average molecular weight is 367 g/mol. The van der Waals surface area contributed by atoms with Crippen LogP contribution in [0.2, 0.25) is 0 Å². The summed E-state index contributed by atoms with van der Waals surface area (Å²) in [6, 6.07) is 19.1. The van der Waals surface area contributed by atoms with Crippen LogP contribution in [0.25, 0.3) is 16.9 Å². The van der Waals surface area contributed by atoms with Crippen molar-refractivity contribution in [3.05, 3.63) is 66.9 Å². The molecule has 134 valence electrons. The molecule has 1 aliphatic rings. The van der Waals surface area contributed by atoms with Crippen LogP contribution in [0.4, 0.5) is 0 Å². The number of hydrogen-bond donors (Lipinski definition) is 0. The first-order valence-electron chi connectivity index (χ1n) is 8.87. The molecule has 0 radical (unpaired) electrons. The van der Waals surface area contributed by atoms with Gasteiger partial charge in [-0.05, 0) is 25.0 Å². The summed E-state index contributed by atoms with van der Waals surface area (Å²) in [5.74, 6) is 0. The standard InChI is InChI=1S/C20H21N3O2S/c24-26(25,22-14-8-3-9-15-22)19-16-23(18-12-6-2-7-13-18)21-20(19)17-10-4-1-5-11-17/h1-2,4-7,10-13,16H,3,8-9,14-15H2. The lowest BCUT2D eigenvalue weighted by Crippen LogP contribution is -2.35. The van der Waals surface area contributed by atoms with Crippen LogP contribution in [-0.2, 0) is 10.0 Å². The Morgan fingerprint density at radius 3 is 2.08 bits per heavy atom. The van der Waals surface area contributed by atoms with Crippen molar-refractivity contribution in [3.63, 3.8) is 0 Å². The van der Waals surface area contributed by atoms with Gasteiger partial charge in [0.2, 0.25) is 10.0 Å². The molecule has 0 saturated carbocycles. The topological polar surface area (TPSA) is 55.2 Å². The van der Waals surface area contributed by atoms with E-state index in [-0.39, 0.29) is 4.90 Å². The molecule has 0 N–H and O–H groups in total. The fourth-order valence-electron chi connectivity index (χ4n) is 3.30. The molecule has 0 amide bonds. The maximum atomic E-state index is 13.3. The van der Waals surface area contributed by atoms with Crippen LogP contribution in [0.5, 0.6) is 0 Å². The van der Waals surface area contributed by atoms with E-state index in [0.717, 1.165) is 30.5 Å². The first-order chi connectivity index (χ1) is 12.7.